The second kappa shape index (κ2) is 9.82. The molecular formula is C24H25F2N3O3. The molecule has 3 atom stereocenters. The van der Waals surface area contributed by atoms with Gasteiger partial charge in [0.05, 0.1) is 18.5 Å². The molecule has 0 saturated heterocycles. The number of nitrogens with two attached hydrogens (primary N) is 1. The second-order valence-corrected chi connectivity index (χ2v) is 7.83. The monoisotopic (exact) mass is 441 g/mol. The Kier molecular flexibility index (Phi) is 7.15. The van der Waals surface area contributed by atoms with E-state index in [4.69, 9.17) is 5.73 Å². The Bertz CT molecular complexity index is 1020. The topological polar surface area (TPSA) is 83.7 Å². The number of nitrogens with zero attached hydrogens (tertiary/aromatic N) is 2. The maximum Gasteiger partial charge on any atom is 0.250 e. The summed E-state index contributed by atoms with van der Waals surface area (Å²) in [6, 6.07) is 9.59. The van der Waals surface area contributed by atoms with Crippen LogP contribution in [-0.2, 0) is 20.8 Å². The number of benzene rings is 2. The van der Waals surface area contributed by atoms with Crippen LogP contribution in [0.25, 0.3) is 0 Å². The van der Waals surface area contributed by atoms with Gasteiger partial charge in [0, 0.05) is 13.1 Å². The van der Waals surface area contributed by atoms with Crippen LogP contribution in [0.2, 0.25) is 0 Å². The average Bonchev–Trinajstić information content (AvgIpc) is 2.87. The van der Waals surface area contributed by atoms with Crippen LogP contribution in [0.4, 0.5) is 8.78 Å². The molecule has 2 N–H and O–H groups in total. The van der Waals surface area contributed by atoms with E-state index in [1.54, 1.807) is 13.1 Å². The lowest BCUT2D eigenvalue weighted by atomic mass is 10.0. The van der Waals surface area contributed by atoms with Crippen molar-refractivity contribution in [2.75, 3.05) is 7.05 Å². The van der Waals surface area contributed by atoms with Gasteiger partial charge >= 0.3 is 0 Å². The molecule has 2 aromatic rings. The fourth-order valence-electron chi connectivity index (χ4n) is 3.78. The van der Waals surface area contributed by atoms with E-state index < -0.39 is 47.9 Å². The summed E-state index contributed by atoms with van der Waals surface area (Å²) >= 11 is 0. The minimum atomic E-state index is -1.21. The normalized spacial score (nSPS) is 19.4. The van der Waals surface area contributed by atoms with Crippen molar-refractivity contribution in [2.24, 2.45) is 5.73 Å². The molecule has 1 aliphatic rings. The van der Waals surface area contributed by atoms with Crippen LogP contribution in [0.15, 0.2) is 60.7 Å². The highest BCUT2D eigenvalue weighted by Crippen LogP contribution is 2.28. The highest BCUT2D eigenvalue weighted by atomic mass is 19.1. The molecule has 1 aliphatic heterocycles. The van der Waals surface area contributed by atoms with Crippen molar-refractivity contribution >= 4 is 17.7 Å². The fourth-order valence-corrected chi connectivity index (χ4v) is 3.78. The fraction of sp³-hybridized carbons (Fsp3) is 0.292. The Balaban J connectivity index is 1.92. The van der Waals surface area contributed by atoms with E-state index in [0.717, 1.165) is 22.6 Å². The number of likely N-dealkylation sites (N-methyl/N-ethyl adjacent to an activating group) is 1. The molecule has 2 aromatic carbocycles. The third-order valence-electron chi connectivity index (χ3n) is 5.38. The zero-order chi connectivity index (χ0) is 23.4. The van der Waals surface area contributed by atoms with E-state index >= 15 is 0 Å². The molecule has 168 valence electrons. The van der Waals surface area contributed by atoms with Gasteiger partial charge < -0.3 is 10.6 Å². The number of rotatable bonds is 5. The standard InChI is InChI=1S/C24H25F2N3O3/c1-15(27)23(31)29(22(30)13-16-11-18(25)14-19(26)12-16)21-10-6-9-20(28(2)24(21)32)17-7-4-3-5-8-17/h3-8,10-12,14-15,20-21H,9,13,27H2,1-2H3/t15-,20-,21-/m0/s1. The second-order valence-electron chi connectivity index (χ2n) is 7.83. The number of halogens is 2. The maximum absolute atomic E-state index is 13.6. The van der Waals surface area contributed by atoms with Gasteiger partial charge in [-0.25, -0.2) is 8.78 Å². The Hall–Kier alpha value is -3.39. The van der Waals surface area contributed by atoms with Gasteiger partial charge in [-0.05, 0) is 36.6 Å². The molecule has 0 aromatic heterocycles. The predicted molar refractivity (Wildman–Crippen MR) is 115 cm³/mol. The van der Waals surface area contributed by atoms with Crippen LogP contribution in [0.5, 0.6) is 0 Å². The van der Waals surface area contributed by atoms with Crippen LogP contribution in [0, 0.1) is 11.6 Å². The Labute approximate surface area is 185 Å². The van der Waals surface area contributed by atoms with E-state index in [-0.39, 0.29) is 11.6 Å². The summed E-state index contributed by atoms with van der Waals surface area (Å²) < 4.78 is 27.1. The first-order chi connectivity index (χ1) is 15.2. The van der Waals surface area contributed by atoms with Crippen LogP contribution in [0.3, 0.4) is 0 Å². The van der Waals surface area contributed by atoms with Crippen LogP contribution >= 0.6 is 0 Å². The average molecular weight is 441 g/mol. The molecular weight excluding hydrogens is 416 g/mol. The molecule has 0 spiro atoms. The SMILES string of the molecule is C[C@H](N)C(=O)N(C(=O)Cc1cc(F)cc(F)c1)[C@H]1C=CC[C@@H](c2ccccc2)N(C)C1=O. The molecule has 0 bridgehead atoms. The Morgan fingerprint density at radius 2 is 1.78 bits per heavy atom. The highest BCUT2D eigenvalue weighted by Gasteiger charge is 2.38. The first kappa shape index (κ1) is 23.3. The number of imide groups is 1. The van der Waals surface area contributed by atoms with E-state index in [1.807, 2.05) is 30.3 Å². The lowest BCUT2D eigenvalue weighted by molar-refractivity contribution is -0.153. The van der Waals surface area contributed by atoms with E-state index in [0.29, 0.717) is 12.5 Å². The van der Waals surface area contributed by atoms with Crippen molar-refractivity contribution in [3.8, 4) is 0 Å². The molecule has 1 heterocycles. The molecule has 3 rings (SSSR count). The third-order valence-corrected chi connectivity index (χ3v) is 5.38. The lowest BCUT2D eigenvalue weighted by Crippen LogP contribution is -2.55. The first-order valence-electron chi connectivity index (χ1n) is 10.2. The number of amides is 3. The zero-order valence-corrected chi connectivity index (χ0v) is 17.9. The summed E-state index contributed by atoms with van der Waals surface area (Å²) in [5, 5.41) is 0. The predicted octanol–water partition coefficient (Wildman–Crippen LogP) is 2.74. The smallest absolute Gasteiger partial charge is 0.250 e. The van der Waals surface area contributed by atoms with E-state index in [9.17, 15) is 23.2 Å². The summed E-state index contributed by atoms with van der Waals surface area (Å²) in [5.41, 5.74) is 6.72. The van der Waals surface area contributed by atoms with Gasteiger partial charge in [0.25, 0.3) is 0 Å². The first-order valence-corrected chi connectivity index (χ1v) is 10.2. The summed E-state index contributed by atoms with van der Waals surface area (Å²) in [6.07, 6.45) is 3.29. The largest absolute Gasteiger partial charge is 0.336 e. The molecule has 0 fully saturated rings. The van der Waals surface area contributed by atoms with Crippen molar-refractivity contribution in [3.05, 3.63) is 83.4 Å². The highest BCUT2D eigenvalue weighted by molar-refractivity contribution is 6.03. The molecule has 6 nitrogen and oxygen atoms in total. The summed E-state index contributed by atoms with van der Waals surface area (Å²) in [4.78, 5) is 41.6. The van der Waals surface area contributed by atoms with Gasteiger partial charge in [0.15, 0.2) is 0 Å². The van der Waals surface area contributed by atoms with Gasteiger partial charge in [-0.2, -0.15) is 0 Å². The van der Waals surface area contributed by atoms with E-state index in [1.165, 1.54) is 17.9 Å². The van der Waals surface area contributed by atoms with Crippen molar-refractivity contribution in [1.82, 2.24) is 9.80 Å². The van der Waals surface area contributed by atoms with E-state index in [2.05, 4.69) is 0 Å². The van der Waals surface area contributed by atoms with Gasteiger partial charge in [-0.15, -0.1) is 0 Å². The molecule has 32 heavy (non-hydrogen) atoms. The minimum absolute atomic E-state index is 0.0514. The number of hydrogen-bond donors (Lipinski definition) is 1. The summed E-state index contributed by atoms with van der Waals surface area (Å²) in [7, 11) is 1.61. The molecule has 0 unspecified atom stereocenters. The number of carbonyl (C=O) groups excluding carboxylic acids is 3. The quantitative estimate of drug-likeness (QED) is 0.724. The van der Waals surface area contributed by atoms with Gasteiger partial charge in [0.1, 0.15) is 17.7 Å². The zero-order valence-electron chi connectivity index (χ0n) is 17.9. The molecule has 3 amide bonds. The summed E-state index contributed by atoms with van der Waals surface area (Å²) in [6.45, 7) is 1.41. The van der Waals surface area contributed by atoms with Crippen LogP contribution in [0.1, 0.15) is 30.5 Å². The van der Waals surface area contributed by atoms with Crippen LogP contribution < -0.4 is 5.73 Å². The van der Waals surface area contributed by atoms with Gasteiger partial charge in [-0.3, -0.25) is 19.3 Å². The molecule has 0 aliphatic carbocycles. The Morgan fingerprint density at radius 3 is 2.38 bits per heavy atom. The number of carbonyl (C=O) groups is 3. The Morgan fingerprint density at radius 1 is 1.16 bits per heavy atom. The van der Waals surface area contributed by atoms with Crippen molar-refractivity contribution < 1.29 is 23.2 Å². The minimum Gasteiger partial charge on any atom is -0.336 e. The molecule has 0 saturated carbocycles. The summed E-state index contributed by atoms with van der Waals surface area (Å²) in [5.74, 6) is -3.66. The third kappa shape index (κ3) is 5.08. The lowest BCUT2D eigenvalue weighted by Gasteiger charge is -2.33. The number of hydrogen-bond acceptors (Lipinski definition) is 4. The van der Waals surface area contributed by atoms with Gasteiger partial charge in [-0.1, -0.05) is 42.5 Å². The molecule has 8 heteroatoms. The van der Waals surface area contributed by atoms with Crippen LogP contribution in [-0.4, -0.2) is 46.7 Å². The molecule has 0 radical (unpaired) electrons. The van der Waals surface area contributed by atoms with Gasteiger partial charge in [0.2, 0.25) is 17.7 Å². The maximum atomic E-state index is 13.6. The van der Waals surface area contributed by atoms with Crippen molar-refractivity contribution in [3.63, 3.8) is 0 Å². The van der Waals surface area contributed by atoms with Crippen molar-refractivity contribution in [1.29, 1.82) is 0 Å². The van der Waals surface area contributed by atoms with Crippen molar-refractivity contribution in [2.45, 2.75) is 37.9 Å².